The summed E-state index contributed by atoms with van der Waals surface area (Å²) in [6.45, 7) is 4.64. The molecule has 1 amide bonds. The van der Waals surface area contributed by atoms with Crippen molar-refractivity contribution in [3.8, 4) is 16.9 Å². The highest BCUT2D eigenvalue weighted by molar-refractivity contribution is 5.92. The monoisotopic (exact) mass is 349 g/mol. The molecule has 0 saturated carbocycles. The first-order chi connectivity index (χ1) is 12.7. The van der Waals surface area contributed by atoms with Crippen LogP contribution < -0.4 is 10.1 Å². The van der Waals surface area contributed by atoms with Gasteiger partial charge in [-0.1, -0.05) is 36.4 Å². The third-order valence-electron chi connectivity index (χ3n) is 4.11. The zero-order valence-corrected chi connectivity index (χ0v) is 15.0. The van der Waals surface area contributed by atoms with E-state index < -0.39 is 0 Å². The molecular formula is C21H23N3O2. The Balaban J connectivity index is 1.59. The zero-order valence-electron chi connectivity index (χ0n) is 15.0. The molecule has 0 saturated heterocycles. The van der Waals surface area contributed by atoms with Crippen LogP contribution in [0.25, 0.3) is 11.1 Å². The second kappa shape index (κ2) is 8.34. The molecule has 3 aromatic rings. The molecule has 0 radical (unpaired) electrons. The largest absolute Gasteiger partial charge is 0.494 e. The van der Waals surface area contributed by atoms with Gasteiger partial charge in [0.05, 0.1) is 19.1 Å². The van der Waals surface area contributed by atoms with Gasteiger partial charge in [-0.05, 0) is 49.1 Å². The molecule has 0 aliphatic rings. The van der Waals surface area contributed by atoms with Gasteiger partial charge in [-0.3, -0.25) is 4.79 Å². The van der Waals surface area contributed by atoms with Gasteiger partial charge < -0.3 is 15.0 Å². The van der Waals surface area contributed by atoms with Gasteiger partial charge in [0.25, 0.3) is 5.91 Å². The number of carbonyl (C=O) groups excluding carboxylic acids is 1. The molecule has 0 bridgehead atoms. The van der Waals surface area contributed by atoms with Crippen molar-refractivity contribution in [2.75, 3.05) is 6.61 Å². The van der Waals surface area contributed by atoms with Crippen molar-refractivity contribution in [2.45, 2.75) is 26.3 Å². The lowest BCUT2D eigenvalue weighted by atomic mass is 10.0. The van der Waals surface area contributed by atoms with Crippen molar-refractivity contribution in [3.63, 3.8) is 0 Å². The zero-order chi connectivity index (χ0) is 18.4. The standard InChI is InChI=1S/C21H23N3O2/c1-3-26-19-10-8-18(9-11-19)17-6-4-16(5-7-17)12-15(2)24-21(25)20-13-22-14-23-20/h4-11,13-15H,3,12H2,1-2H3,(H,22,23)(H,24,25). The van der Waals surface area contributed by atoms with E-state index in [-0.39, 0.29) is 11.9 Å². The third kappa shape index (κ3) is 4.51. The maximum Gasteiger partial charge on any atom is 0.269 e. The highest BCUT2D eigenvalue weighted by Gasteiger charge is 2.11. The Morgan fingerprint density at radius 3 is 2.35 bits per heavy atom. The predicted octanol–water partition coefficient (Wildman–Crippen LogP) is 3.84. The summed E-state index contributed by atoms with van der Waals surface area (Å²) in [6, 6.07) is 16.5. The second-order valence-electron chi connectivity index (χ2n) is 6.20. The Kier molecular flexibility index (Phi) is 5.69. The number of carbonyl (C=O) groups is 1. The quantitative estimate of drug-likeness (QED) is 0.681. The average molecular weight is 349 g/mol. The summed E-state index contributed by atoms with van der Waals surface area (Å²) in [7, 11) is 0. The van der Waals surface area contributed by atoms with E-state index in [0.29, 0.717) is 12.3 Å². The lowest BCUT2D eigenvalue weighted by Crippen LogP contribution is -2.34. The molecular weight excluding hydrogens is 326 g/mol. The second-order valence-corrected chi connectivity index (χ2v) is 6.20. The number of nitrogens with one attached hydrogen (secondary N) is 2. The van der Waals surface area contributed by atoms with Crippen LogP contribution >= 0.6 is 0 Å². The van der Waals surface area contributed by atoms with Gasteiger partial charge in [0, 0.05) is 6.04 Å². The number of aromatic amines is 1. The molecule has 1 atom stereocenters. The number of aromatic nitrogens is 2. The first kappa shape index (κ1) is 17.7. The summed E-state index contributed by atoms with van der Waals surface area (Å²) in [5, 5.41) is 2.97. The smallest absolute Gasteiger partial charge is 0.269 e. The molecule has 134 valence electrons. The van der Waals surface area contributed by atoms with Crippen LogP contribution in [0.4, 0.5) is 0 Å². The van der Waals surface area contributed by atoms with E-state index in [4.69, 9.17) is 4.74 Å². The van der Waals surface area contributed by atoms with Crippen molar-refractivity contribution in [1.29, 1.82) is 0 Å². The van der Waals surface area contributed by atoms with E-state index in [0.717, 1.165) is 23.3 Å². The molecule has 0 aliphatic heterocycles. The van der Waals surface area contributed by atoms with E-state index in [2.05, 4.69) is 51.7 Å². The number of ether oxygens (including phenoxy) is 1. The van der Waals surface area contributed by atoms with Crippen molar-refractivity contribution in [2.24, 2.45) is 0 Å². The maximum atomic E-state index is 12.0. The van der Waals surface area contributed by atoms with Crippen LogP contribution in [0.15, 0.2) is 61.1 Å². The number of hydrogen-bond donors (Lipinski definition) is 2. The van der Waals surface area contributed by atoms with Crippen LogP contribution in [0.5, 0.6) is 5.75 Å². The average Bonchev–Trinajstić information content (AvgIpc) is 3.18. The van der Waals surface area contributed by atoms with E-state index in [1.165, 1.54) is 18.1 Å². The molecule has 3 rings (SSSR count). The van der Waals surface area contributed by atoms with E-state index in [9.17, 15) is 4.79 Å². The SMILES string of the molecule is CCOc1ccc(-c2ccc(CC(C)NC(=O)c3cnc[nH]3)cc2)cc1. The topological polar surface area (TPSA) is 67.0 Å². The fraction of sp³-hybridized carbons (Fsp3) is 0.238. The molecule has 1 heterocycles. The fourth-order valence-electron chi connectivity index (χ4n) is 2.83. The molecule has 0 spiro atoms. The molecule has 5 heteroatoms. The Labute approximate surface area is 153 Å². The fourth-order valence-corrected chi connectivity index (χ4v) is 2.83. The van der Waals surface area contributed by atoms with Crippen molar-refractivity contribution >= 4 is 5.91 Å². The van der Waals surface area contributed by atoms with Crippen LogP contribution in [-0.2, 0) is 6.42 Å². The van der Waals surface area contributed by atoms with E-state index in [1.807, 2.05) is 26.0 Å². The Morgan fingerprint density at radius 2 is 1.77 bits per heavy atom. The van der Waals surface area contributed by atoms with Crippen LogP contribution in [0.1, 0.15) is 29.9 Å². The Hall–Kier alpha value is -3.08. The van der Waals surface area contributed by atoms with Gasteiger partial charge in [-0.2, -0.15) is 0 Å². The van der Waals surface area contributed by atoms with E-state index in [1.54, 1.807) is 0 Å². The highest BCUT2D eigenvalue weighted by Crippen LogP contribution is 2.23. The number of benzene rings is 2. The van der Waals surface area contributed by atoms with Gasteiger partial charge in [0.2, 0.25) is 0 Å². The summed E-state index contributed by atoms with van der Waals surface area (Å²) < 4.78 is 5.48. The summed E-state index contributed by atoms with van der Waals surface area (Å²) in [5.74, 6) is 0.746. The summed E-state index contributed by atoms with van der Waals surface area (Å²) >= 11 is 0. The highest BCUT2D eigenvalue weighted by atomic mass is 16.5. The number of amides is 1. The molecule has 2 N–H and O–H groups in total. The molecule has 1 unspecified atom stereocenters. The number of H-pyrrole nitrogens is 1. The van der Waals surface area contributed by atoms with Crippen molar-refractivity contribution in [3.05, 3.63) is 72.3 Å². The lowest BCUT2D eigenvalue weighted by molar-refractivity contribution is 0.0935. The van der Waals surface area contributed by atoms with Crippen LogP contribution in [0.3, 0.4) is 0 Å². The molecule has 1 aromatic heterocycles. The van der Waals surface area contributed by atoms with Crippen LogP contribution in [0, 0.1) is 0 Å². The number of nitrogens with zero attached hydrogens (tertiary/aromatic N) is 1. The Bertz CT molecular complexity index is 825. The number of rotatable bonds is 7. The summed E-state index contributed by atoms with van der Waals surface area (Å²) in [5.41, 5.74) is 3.96. The minimum atomic E-state index is -0.138. The molecule has 0 aliphatic carbocycles. The van der Waals surface area contributed by atoms with Gasteiger partial charge >= 0.3 is 0 Å². The predicted molar refractivity (Wildman–Crippen MR) is 102 cm³/mol. The van der Waals surface area contributed by atoms with Gasteiger partial charge in [0.1, 0.15) is 11.4 Å². The number of hydrogen-bond acceptors (Lipinski definition) is 3. The maximum absolute atomic E-state index is 12.0. The van der Waals surface area contributed by atoms with Crippen molar-refractivity contribution < 1.29 is 9.53 Å². The van der Waals surface area contributed by atoms with Gasteiger partial charge in [-0.15, -0.1) is 0 Å². The lowest BCUT2D eigenvalue weighted by Gasteiger charge is -2.14. The van der Waals surface area contributed by atoms with Gasteiger partial charge in [0.15, 0.2) is 0 Å². The van der Waals surface area contributed by atoms with Crippen LogP contribution in [-0.4, -0.2) is 28.5 Å². The minimum absolute atomic E-state index is 0.0297. The van der Waals surface area contributed by atoms with Crippen molar-refractivity contribution in [1.82, 2.24) is 15.3 Å². The first-order valence-electron chi connectivity index (χ1n) is 8.77. The molecule has 0 fully saturated rings. The van der Waals surface area contributed by atoms with E-state index >= 15 is 0 Å². The normalized spacial score (nSPS) is 11.8. The first-order valence-corrected chi connectivity index (χ1v) is 8.77. The third-order valence-corrected chi connectivity index (χ3v) is 4.11. The van der Waals surface area contributed by atoms with Gasteiger partial charge in [-0.25, -0.2) is 4.98 Å². The number of imidazole rings is 1. The summed E-state index contributed by atoms with van der Waals surface area (Å²) in [4.78, 5) is 18.7. The Morgan fingerprint density at radius 1 is 1.12 bits per heavy atom. The summed E-state index contributed by atoms with van der Waals surface area (Å²) in [6.07, 6.45) is 3.79. The molecule has 2 aromatic carbocycles. The molecule has 5 nitrogen and oxygen atoms in total. The van der Waals surface area contributed by atoms with Crippen LogP contribution in [0.2, 0.25) is 0 Å². The molecule has 26 heavy (non-hydrogen) atoms. The minimum Gasteiger partial charge on any atom is -0.494 e.